The van der Waals surface area contributed by atoms with Crippen molar-refractivity contribution in [2.45, 2.75) is 6.10 Å². The first-order valence-corrected chi connectivity index (χ1v) is 6.70. The third-order valence-electron chi connectivity index (χ3n) is 3.21. The van der Waals surface area contributed by atoms with E-state index in [1.807, 2.05) is 42.5 Å². The molecule has 0 fully saturated rings. The van der Waals surface area contributed by atoms with E-state index >= 15 is 0 Å². The van der Waals surface area contributed by atoms with Crippen molar-refractivity contribution in [2.24, 2.45) is 0 Å². The lowest BCUT2D eigenvalue weighted by molar-refractivity contribution is 0.105. The molecule has 0 saturated heterocycles. The zero-order valence-electron chi connectivity index (χ0n) is 11.9. The summed E-state index contributed by atoms with van der Waals surface area (Å²) in [5.74, 6) is 0.790. The highest BCUT2D eigenvalue weighted by Gasteiger charge is 2.06. The van der Waals surface area contributed by atoms with Crippen LogP contribution >= 0.6 is 0 Å². The molecule has 0 aliphatic carbocycles. The van der Waals surface area contributed by atoms with Gasteiger partial charge < -0.3 is 26.0 Å². The third-order valence-corrected chi connectivity index (χ3v) is 3.21. The maximum Gasteiger partial charge on any atom is 0.118 e. The van der Waals surface area contributed by atoms with Crippen LogP contribution in [0.4, 0.5) is 11.4 Å². The molecular weight excluding hydrogens is 268 g/mol. The first-order valence-electron chi connectivity index (χ1n) is 6.70. The van der Waals surface area contributed by atoms with Crippen LogP contribution in [0, 0.1) is 0 Å². The molecule has 5 N–H and O–H groups in total. The van der Waals surface area contributed by atoms with Gasteiger partial charge in [-0.1, -0.05) is 12.1 Å². The molecule has 1 unspecified atom stereocenters. The molecule has 2 rings (SSSR count). The van der Waals surface area contributed by atoms with Crippen molar-refractivity contribution in [1.82, 2.24) is 0 Å². The number of aliphatic hydroxyl groups is 2. The third kappa shape index (κ3) is 3.87. The summed E-state index contributed by atoms with van der Waals surface area (Å²) in [5.41, 5.74) is 9.43. The van der Waals surface area contributed by atoms with Crippen LogP contribution in [0.2, 0.25) is 0 Å². The molecular formula is C16H20N2O3. The van der Waals surface area contributed by atoms with Crippen LogP contribution < -0.4 is 15.8 Å². The Kier molecular flexibility index (Phi) is 5.03. The Morgan fingerprint density at radius 2 is 1.90 bits per heavy atom. The van der Waals surface area contributed by atoms with Crippen LogP contribution in [0.1, 0.15) is 0 Å². The molecule has 0 saturated carbocycles. The SMILES string of the molecule is COc1ccc(-c2cc(NCC(O)CO)ccc2N)cc1. The molecule has 0 spiro atoms. The fourth-order valence-corrected chi connectivity index (χ4v) is 1.99. The topological polar surface area (TPSA) is 87.7 Å². The fourth-order valence-electron chi connectivity index (χ4n) is 1.99. The number of ether oxygens (including phenoxy) is 1. The summed E-state index contributed by atoms with van der Waals surface area (Å²) in [4.78, 5) is 0. The van der Waals surface area contributed by atoms with E-state index < -0.39 is 6.10 Å². The molecule has 5 nitrogen and oxygen atoms in total. The molecule has 0 aromatic heterocycles. The highest BCUT2D eigenvalue weighted by atomic mass is 16.5. The Morgan fingerprint density at radius 1 is 1.19 bits per heavy atom. The molecule has 2 aromatic rings. The van der Waals surface area contributed by atoms with Gasteiger partial charge in [0, 0.05) is 23.5 Å². The summed E-state index contributed by atoms with van der Waals surface area (Å²) in [5, 5.41) is 21.2. The largest absolute Gasteiger partial charge is 0.497 e. The normalized spacial score (nSPS) is 12.0. The predicted octanol–water partition coefficient (Wildman–Crippen LogP) is 1.71. The Morgan fingerprint density at radius 3 is 2.52 bits per heavy atom. The Balaban J connectivity index is 2.21. The molecule has 1 atom stereocenters. The van der Waals surface area contributed by atoms with Gasteiger partial charge in [0.15, 0.2) is 0 Å². The van der Waals surface area contributed by atoms with Crippen molar-refractivity contribution in [2.75, 3.05) is 31.3 Å². The number of nitrogens with two attached hydrogens (primary N) is 1. The summed E-state index contributed by atoms with van der Waals surface area (Å²) < 4.78 is 5.14. The van der Waals surface area contributed by atoms with Gasteiger partial charge in [-0.2, -0.15) is 0 Å². The molecule has 21 heavy (non-hydrogen) atoms. The van der Waals surface area contributed by atoms with Crippen molar-refractivity contribution in [3.05, 3.63) is 42.5 Å². The molecule has 0 amide bonds. The molecule has 2 aromatic carbocycles. The zero-order valence-corrected chi connectivity index (χ0v) is 11.9. The smallest absolute Gasteiger partial charge is 0.118 e. The van der Waals surface area contributed by atoms with Gasteiger partial charge in [-0.05, 0) is 35.9 Å². The van der Waals surface area contributed by atoms with E-state index in [0.29, 0.717) is 5.69 Å². The van der Waals surface area contributed by atoms with Crippen molar-refractivity contribution in [3.8, 4) is 16.9 Å². The van der Waals surface area contributed by atoms with Crippen LogP contribution in [0.25, 0.3) is 11.1 Å². The molecule has 0 aliphatic rings. The first-order chi connectivity index (χ1) is 10.1. The minimum Gasteiger partial charge on any atom is -0.497 e. The van der Waals surface area contributed by atoms with Gasteiger partial charge >= 0.3 is 0 Å². The van der Waals surface area contributed by atoms with Crippen LogP contribution in [0.3, 0.4) is 0 Å². The van der Waals surface area contributed by atoms with E-state index in [-0.39, 0.29) is 13.2 Å². The highest BCUT2D eigenvalue weighted by molar-refractivity contribution is 5.79. The van der Waals surface area contributed by atoms with E-state index in [9.17, 15) is 5.11 Å². The molecule has 112 valence electrons. The number of anilines is 2. The number of methoxy groups -OCH3 is 1. The Labute approximate surface area is 124 Å². The standard InChI is InChI=1S/C16H20N2O3/c1-21-14-5-2-11(3-6-14)15-8-12(4-7-16(15)17)18-9-13(20)10-19/h2-8,13,18-20H,9-10,17H2,1H3. The second-order valence-corrected chi connectivity index (χ2v) is 4.75. The molecule has 0 aliphatic heterocycles. The summed E-state index contributed by atoms with van der Waals surface area (Å²) in [6.45, 7) is 0.00970. The van der Waals surface area contributed by atoms with E-state index in [4.69, 9.17) is 15.6 Å². The van der Waals surface area contributed by atoms with Crippen LogP contribution in [-0.4, -0.2) is 36.6 Å². The predicted molar refractivity (Wildman–Crippen MR) is 84.4 cm³/mol. The number of hydrogen-bond donors (Lipinski definition) is 4. The van der Waals surface area contributed by atoms with Crippen molar-refractivity contribution in [3.63, 3.8) is 0 Å². The number of hydrogen-bond acceptors (Lipinski definition) is 5. The van der Waals surface area contributed by atoms with Gasteiger partial charge in [-0.15, -0.1) is 0 Å². The summed E-state index contributed by atoms with van der Waals surface area (Å²) in [6, 6.07) is 13.2. The van der Waals surface area contributed by atoms with Crippen LogP contribution in [0.5, 0.6) is 5.75 Å². The van der Waals surface area contributed by atoms with E-state index in [0.717, 1.165) is 22.6 Å². The number of aliphatic hydroxyl groups excluding tert-OH is 2. The second-order valence-electron chi connectivity index (χ2n) is 4.75. The number of benzene rings is 2. The van der Waals surface area contributed by atoms with Gasteiger partial charge in [0.25, 0.3) is 0 Å². The molecule has 0 radical (unpaired) electrons. The molecule has 5 heteroatoms. The first kappa shape index (κ1) is 15.2. The highest BCUT2D eigenvalue weighted by Crippen LogP contribution is 2.30. The van der Waals surface area contributed by atoms with Crippen molar-refractivity contribution < 1.29 is 14.9 Å². The molecule has 0 bridgehead atoms. The van der Waals surface area contributed by atoms with Crippen LogP contribution in [0.15, 0.2) is 42.5 Å². The lowest BCUT2D eigenvalue weighted by Gasteiger charge is -2.13. The lowest BCUT2D eigenvalue weighted by atomic mass is 10.0. The summed E-state index contributed by atoms with van der Waals surface area (Å²) >= 11 is 0. The average molecular weight is 288 g/mol. The average Bonchev–Trinajstić information content (AvgIpc) is 2.54. The fraction of sp³-hybridized carbons (Fsp3) is 0.250. The van der Waals surface area contributed by atoms with Crippen LogP contribution in [-0.2, 0) is 0 Å². The van der Waals surface area contributed by atoms with E-state index in [1.54, 1.807) is 7.11 Å². The Bertz CT molecular complexity index is 585. The minimum absolute atomic E-state index is 0.271. The number of nitrogen functional groups attached to an aromatic ring is 1. The van der Waals surface area contributed by atoms with Gasteiger partial charge in [0.05, 0.1) is 19.8 Å². The van der Waals surface area contributed by atoms with Crippen molar-refractivity contribution >= 4 is 11.4 Å². The monoisotopic (exact) mass is 288 g/mol. The molecule has 0 heterocycles. The van der Waals surface area contributed by atoms with Gasteiger partial charge in [0.1, 0.15) is 5.75 Å². The minimum atomic E-state index is -0.785. The maximum absolute atomic E-state index is 9.37. The lowest BCUT2D eigenvalue weighted by Crippen LogP contribution is -2.22. The van der Waals surface area contributed by atoms with Gasteiger partial charge in [0.2, 0.25) is 0 Å². The van der Waals surface area contributed by atoms with Gasteiger partial charge in [-0.25, -0.2) is 0 Å². The van der Waals surface area contributed by atoms with E-state index in [2.05, 4.69) is 5.32 Å². The zero-order chi connectivity index (χ0) is 15.2. The second kappa shape index (κ2) is 6.97. The quantitative estimate of drug-likeness (QED) is 0.608. The summed E-state index contributed by atoms with van der Waals surface area (Å²) in [6.07, 6.45) is -0.785. The maximum atomic E-state index is 9.37. The summed E-state index contributed by atoms with van der Waals surface area (Å²) in [7, 11) is 1.63. The van der Waals surface area contributed by atoms with Gasteiger partial charge in [-0.3, -0.25) is 0 Å². The Hall–Kier alpha value is -2.24. The number of nitrogens with one attached hydrogen (secondary N) is 1. The number of rotatable bonds is 6. The van der Waals surface area contributed by atoms with Crippen molar-refractivity contribution in [1.29, 1.82) is 0 Å². The van der Waals surface area contributed by atoms with E-state index in [1.165, 1.54) is 0 Å².